The molecule has 2 heterocycles. The molecule has 0 aliphatic rings. The molecular weight excluding hydrogens is 356 g/mol. The standard InChI is InChI=1S/C15H16F4N6O/c16-7-1-9(6-22-4-7)24-14-10(13(21)26)3-11(17)15(25-14)23-5-8(20)2-12(18)19/h1,3-4,6,8,12H,2,5,20H2,(H2,21,26)(H2,23,24,25). The second-order valence-electron chi connectivity index (χ2n) is 5.36. The molecule has 0 aliphatic carbocycles. The van der Waals surface area contributed by atoms with Crippen LogP contribution in [0.4, 0.5) is 34.9 Å². The van der Waals surface area contributed by atoms with Gasteiger partial charge in [-0.25, -0.2) is 22.5 Å². The lowest BCUT2D eigenvalue weighted by atomic mass is 10.2. The van der Waals surface area contributed by atoms with Crippen LogP contribution in [0.2, 0.25) is 0 Å². The lowest BCUT2D eigenvalue weighted by molar-refractivity contribution is 0.1000. The summed E-state index contributed by atoms with van der Waals surface area (Å²) in [6.07, 6.45) is -0.951. The average Bonchev–Trinajstić information content (AvgIpc) is 2.54. The van der Waals surface area contributed by atoms with Gasteiger partial charge in [-0.15, -0.1) is 0 Å². The zero-order chi connectivity index (χ0) is 19.3. The Bertz CT molecular complexity index is 789. The molecule has 7 nitrogen and oxygen atoms in total. The first kappa shape index (κ1) is 19.4. The van der Waals surface area contributed by atoms with E-state index in [2.05, 4.69) is 20.6 Å². The number of nitrogens with two attached hydrogens (primary N) is 2. The third-order valence-electron chi connectivity index (χ3n) is 3.22. The van der Waals surface area contributed by atoms with E-state index in [1.165, 1.54) is 6.20 Å². The molecule has 0 saturated carbocycles. The van der Waals surface area contributed by atoms with E-state index in [0.29, 0.717) is 0 Å². The maximum Gasteiger partial charge on any atom is 0.252 e. The van der Waals surface area contributed by atoms with Crippen molar-refractivity contribution in [2.24, 2.45) is 11.5 Å². The highest BCUT2D eigenvalue weighted by atomic mass is 19.3. The Morgan fingerprint density at radius 3 is 2.54 bits per heavy atom. The number of pyridine rings is 2. The zero-order valence-electron chi connectivity index (χ0n) is 13.3. The van der Waals surface area contributed by atoms with Crippen molar-refractivity contribution in [3.8, 4) is 0 Å². The number of primary amides is 1. The minimum absolute atomic E-state index is 0.145. The Morgan fingerprint density at radius 1 is 1.19 bits per heavy atom. The van der Waals surface area contributed by atoms with E-state index in [1.54, 1.807) is 0 Å². The monoisotopic (exact) mass is 372 g/mol. The Morgan fingerprint density at radius 2 is 1.92 bits per heavy atom. The summed E-state index contributed by atoms with van der Waals surface area (Å²) in [5.41, 5.74) is 10.6. The highest BCUT2D eigenvalue weighted by Crippen LogP contribution is 2.23. The second kappa shape index (κ2) is 8.43. The van der Waals surface area contributed by atoms with Crippen molar-refractivity contribution in [2.45, 2.75) is 18.9 Å². The van der Waals surface area contributed by atoms with Gasteiger partial charge in [-0.1, -0.05) is 0 Å². The van der Waals surface area contributed by atoms with E-state index in [9.17, 15) is 22.4 Å². The van der Waals surface area contributed by atoms with Crippen LogP contribution >= 0.6 is 0 Å². The van der Waals surface area contributed by atoms with Crippen LogP contribution in [0.1, 0.15) is 16.8 Å². The maximum atomic E-state index is 14.1. The molecule has 0 saturated heterocycles. The topological polar surface area (TPSA) is 119 Å². The molecule has 0 radical (unpaired) electrons. The smallest absolute Gasteiger partial charge is 0.252 e. The number of amides is 1. The number of nitrogens with zero attached hydrogens (tertiary/aromatic N) is 2. The molecule has 2 aromatic rings. The molecule has 2 rings (SSSR count). The zero-order valence-corrected chi connectivity index (χ0v) is 13.3. The van der Waals surface area contributed by atoms with Gasteiger partial charge in [-0.3, -0.25) is 9.78 Å². The number of hydrogen-bond donors (Lipinski definition) is 4. The van der Waals surface area contributed by atoms with Crippen molar-refractivity contribution >= 4 is 23.2 Å². The normalized spacial score (nSPS) is 12.1. The number of carbonyl (C=O) groups is 1. The average molecular weight is 372 g/mol. The lowest BCUT2D eigenvalue weighted by Crippen LogP contribution is -2.31. The molecule has 0 spiro atoms. The van der Waals surface area contributed by atoms with Gasteiger partial charge in [-0.2, -0.15) is 0 Å². The van der Waals surface area contributed by atoms with Crippen LogP contribution in [0.25, 0.3) is 0 Å². The summed E-state index contributed by atoms with van der Waals surface area (Å²) >= 11 is 0. The molecule has 26 heavy (non-hydrogen) atoms. The summed E-state index contributed by atoms with van der Waals surface area (Å²) in [5, 5.41) is 5.11. The highest BCUT2D eigenvalue weighted by molar-refractivity contribution is 5.98. The fraction of sp³-hybridized carbons (Fsp3) is 0.267. The molecule has 11 heteroatoms. The number of aromatic nitrogens is 2. The molecule has 0 aromatic carbocycles. The van der Waals surface area contributed by atoms with Crippen molar-refractivity contribution in [1.82, 2.24) is 9.97 Å². The van der Waals surface area contributed by atoms with Gasteiger partial charge in [-0.05, 0) is 6.07 Å². The largest absolute Gasteiger partial charge is 0.366 e. The third-order valence-corrected chi connectivity index (χ3v) is 3.22. The van der Waals surface area contributed by atoms with Crippen molar-refractivity contribution in [3.05, 3.63) is 41.7 Å². The first-order valence-corrected chi connectivity index (χ1v) is 7.41. The molecule has 1 unspecified atom stereocenters. The van der Waals surface area contributed by atoms with E-state index in [1.807, 2.05) is 0 Å². The molecule has 0 aliphatic heterocycles. The number of anilines is 3. The van der Waals surface area contributed by atoms with Crippen LogP contribution in [0.5, 0.6) is 0 Å². The fourth-order valence-corrected chi connectivity index (χ4v) is 2.05. The van der Waals surface area contributed by atoms with Crippen molar-refractivity contribution in [3.63, 3.8) is 0 Å². The van der Waals surface area contributed by atoms with Crippen LogP contribution in [-0.2, 0) is 0 Å². The van der Waals surface area contributed by atoms with Gasteiger partial charge in [0.25, 0.3) is 5.91 Å². The predicted molar refractivity (Wildman–Crippen MR) is 87.3 cm³/mol. The summed E-state index contributed by atoms with van der Waals surface area (Å²) in [6, 6.07) is 0.968. The third kappa shape index (κ3) is 5.28. The Hall–Kier alpha value is -2.95. The second-order valence-corrected chi connectivity index (χ2v) is 5.36. The quantitative estimate of drug-likeness (QED) is 0.526. The molecule has 1 atom stereocenters. The van der Waals surface area contributed by atoms with E-state index in [4.69, 9.17) is 11.5 Å². The van der Waals surface area contributed by atoms with Gasteiger partial charge in [0.05, 0.1) is 23.6 Å². The Balaban J connectivity index is 2.26. The molecule has 140 valence electrons. The van der Waals surface area contributed by atoms with E-state index in [0.717, 1.165) is 18.3 Å². The van der Waals surface area contributed by atoms with Gasteiger partial charge in [0.15, 0.2) is 11.6 Å². The Labute approximate surface area is 145 Å². The van der Waals surface area contributed by atoms with E-state index in [-0.39, 0.29) is 29.4 Å². The fourth-order valence-electron chi connectivity index (χ4n) is 2.05. The van der Waals surface area contributed by atoms with Crippen molar-refractivity contribution in [2.75, 3.05) is 17.2 Å². The molecular formula is C15H16F4N6O. The molecule has 1 amide bonds. The molecule has 2 aromatic heterocycles. The first-order chi connectivity index (χ1) is 12.3. The van der Waals surface area contributed by atoms with Gasteiger partial charge in [0, 0.05) is 25.1 Å². The minimum atomic E-state index is -2.60. The van der Waals surface area contributed by atoms with Crippen LogP contribution < -0.4 is 22.1 Å². The molecule has 0 bridgehead atoms. The highest BCUT2D eigenvalue weighted by Gasteiger charge is 2.17. The van der Waals surface area contributed by atoms with Crippen molar-refractivity contribution in [1.29, 1.82) is 0 Å². The van der Waals surface area contributed by atoms with Gasteiger partial charge >= 0.3 is 0 Å². The number of hydrogen-bond acceptors (Lipinski definition) is 6. The van der Waals surface area contributed by atoms with Crippen LogP contribution in [0.3, 0.4) is 0 Å². The number of alkyl halides is 2. The SMILES string of the molecule is NC(=O)c1cc(F)c(NCC(N)CC(F)F)nc1Nc1cncc(F)c1. The van der Waals surface area contributed by atoms with E-state index < -0.39 is 36.4 Å². The van der Waals surface area contributed by atoms with Gasteiger partial charge < -0.3 is 22.1 Å². The summed E-state index contributed by atoms with van der Waals surface area (Å²) < 4.78 is 51.9. The lowest BCUT2D eigenvalue weighted by Gasteiger charge is -2.15. The van der Waals surface area contributed by atoms with Gasteiger partial charge in [0.1, 0.15) is 11.6 Å². The first-order valence-electron chi connectivity index (χ1n) is 7.41. The summed E-state index contributed by atoms with van der Waals surface area (Å²) in [4.78, 5) is 19.0. The number of carbonyl (C=O) groups excluding carboxylic acids is 1. The predicted octanol–water partition coefficient (Wildman–Crippen LogP) is 1.99. The number of nitrogens with one attached hydrogen (secondary N) is 2. The number of halogens is 4. The molecule has 0 fully saturated rings. The van der Waals surface area contributed by atoms with E-state index >= 15 is 0 Å². The van der Waals surface area contributed by atoms with Crippen LogP contribution in [-0.4, -0.2) is 34.9 Å². The summed E-state index contributed by atoms with van der Waals surface area (Å²) in [5.74, 6) is -3.02. The minimum Gasteiger partial charge on any atom is -0.366 e. The van der Waals surface area contributed by atoms with Crippen molar-refractivity contribution < 1.29 is 22.4 Å². The van der Waals surface area contributed by atoms with Gasteiger partial charge in [0.2, 0.25) is 6.43 Å². The van der Waals surface area contributed by atoms with Crippen LogP contribution in [0, 0.1) is 11.6 Å². The summed E-state index contributed by atoms with van der Waals surface area (Å²) in [7, 11) is 0. The number of rotatable bonds is 8. The van der Waals surface area contributed by atoms with Crippen LogP contribution in [0.15, 0.2) is 24.5 Å². The Kier molecular flexibility index (Phi) is 6.28. The summed E-state index contributed by atoms with van der Waals surface area (Å²) in [6.45, 7) is -0.175. The maximum absolute atomic E-state index is 14.1. The molecule has 6 N–H and O–H groups in total.